The van der Waals surface area contributed by atoms with Crippen LogP contribution in [0.4, 0.5) is 0 Å². The fraction of sp³-hybridized carbons (Fsp3) is 0.333. The van der Waals surface area contributed by atoms with E-state index in [1.165, 1.54) is 16.4 Å². The maximum absolute atomic E-state index is 12.6. The van der Waals surface area contributed by atoms with Crippen LogP contribution in [-0.4, -0.2) is 36.8 Å². The first kappa shape index (κ1) is 18.8. The van der Waals surface area contributed by atoms with Crippen LogP contribution in [0.15, 0.2) is 53.6 Å². The van der Waals surface area contributed by atoms with Gasteiger partial charge in [-0.15, -0.1) is 0 Å². The van der Waals surface area contributed by atoms with Crippen LogP contribution in [0, 0.1) is 5.92 Å². The van der Waals surface area contributed by atoms with E-state index in [1.807, 2.05) is 6.07 Å². The molecule has 1 aromatic carbocycles. The predicted octanol–water partition coefficient (Wildman–Crippen LogP) is 2.88. The first-order valence-corrected chi connectivity index (χ1v) is 10.1. The highest BCUT2D eigenvalue weighted by Crippen LogP contribution is 2.25. The SMILES string of the molecule is O=C(OCc1ccccn1)C1CCN(S(=O)(=O)c2ccc(Cl)cc2)CC1. The molecule has 0 bridgehead atoms. The number of piperidine rings is 1. The molecule has 8 heteroatoms. The van der Waals surface area contributed by atoms with Gasteiger partial charge in [0, 0.05) is 24.3 Å². The van der Waals surface area contributed by atoms with Gasteiger partial charge in [-0.05, 0) is 49.2 Å². The van der Waals surface area contributed by atoms with Crippen molar-refractivity contribution in [1.82, 2.24) is 9.29 Å². The molecule has 0 N–H and O–H groups in total. The summed E-state index contributed by atoms with van der Waals surface area (Å²) in [5.41, 5.74) is 0.684. The van der Waals surface area contributed by atoms with E-state index < -0.39 is 10.0 Å². The van der Waals surface area contributed by atoms with Crippen LogP contribution in [0.3, 0.4) is 0 Å². The number of rotatable bonds is 5. The van der Waals surface area contributed by atoms with Crippen molar-refractivity contribution in [2.75, 3.05) is 13.1 Å². The molecule has 1 fully saturated rings. The topological polar surface area (TPSA) is 76.6 Å². The van der Waals surface area contributed by atoms with Crippen molar-refractivity contribution in [3.63, 3.8) is 0 Å². The molecule has 0 spiro atoms. The molecule has 1 saturated heterocycles. The Labute approximate surface area is 157 Å². The standard InChI is InChI=1S/C18H19ClN2O4S/c19-15-4-6-17(7-5-15)26(23,24)21-11-8-14(9-12-21)18(22)25-13-16-3-1-2-10-20-16/h1-7,10,14H,8-9,11-13H2. The minimum atomic E-state index is -3.57. The van der Waals surface area contributed by atoms with E-state index in [0.717, 1.165) is 0 Å². The average Bonchev–Trinajstić information content (AvgIpc) is 2.67. The van der Waals surface area contributed by atoms with E-state index in [0.29, 0.717) is 23.6 Å². The molecule has 0 saturated carbocycles. The first-order valence-electron chi connectivity index (χ1n) is 8.29. The number of carbonyl (C=O) groups is 1. The zero-order valence-electron chi connectivity index (χ0n) is 14.0. The predicted molar refractivity (Wildman–Crippen MR) is 97.0 cm³/mol. The number of hydrogen-bond donors (Lipinski definition) is 0. The highest BCUT2D eigenvalue weighted by atomic mass is 35.5. The molecule has 0 unspecified atom stereocenters. The molecular weight excluding hydrogens is 376 g/mol. The summed E-state index contributed by atoms with van der Waals surface area (Å²) < 4.78 is 32.0. The van der Waals surface area contributed by atoms with Gasteiger partial charge >= 0.3 is 5.97 Å². The van der Waals surface area contributed by atoms with E-state index in [4.69, 9.17) is 16.3 Å². The molecule has 0 amide bonds. The maximum Gasteiger partial charge on any atom is 0.309 e. The second kappa shape index (κ2) is 8.16. The molecule has 1 aromatic heterocycles. The Bertz CT molecular complexity index is 849. The van der Waals surface area contributed by atoms with Crippen LogP contribution in [0.25, 0.3) is 0 Å². The number of sulfonamides is 1. The summed E-state index contributed by atoms with van der Waals surface area (Å²) >= 11 is 5.81. The van der Waals surface area contributed by atoms with Crippen molar-refractivity contribution >= 4 is 27.6 Å². The van der Waals surface area contributed by atoms with Crippen LogP contribution >= 0.6 is 11.6 Å². The summed E-state index contributed by atoms with van der Waals surface area (Å²) in [6.07, 6.45) is 2.52. The average molecular weight is 395 g/mol. The molecule has 3 rings (SSSR count). The van der Waals surface area contributed by atoms with Crippen molar-refractivity contribution < 1.29 is 17.9 Å². The normalized spacial score (nSPS) is 16.3. The van der Waals surface area contributed by atoms with Gasteiger partial charge in [-0.25, -0.2) is 8.42 Å². The van der Waals surface area contributed by atoms with Gasteiger partial charge < -0.3 is 4.74 Å². The summed E-state index contributed by atoms with van der Waals surface area (Å²) in [7, 11) is -3.57. The third-order valence-corrected chi connectivity index (χ3v) is 6.49. The minimum Gasteiger partial charge on any atom is -0.459 e. The molecule has 1 aliphatic heterocycles. The number of halogens is 1. The monoisotopic (exact) mass is 394 g/mol. The number of pyridine rings is 1. The Hall–Kier alpha value is -1.96. The molecule has 26 heavy (non-hydrogen) atoms. The van der Waals surface area contributed by atoms with E-state index in [1.54, 1.807) is 30.5 Å². The highest BCUT2D eigenvalue weighted by Gasteiger charge is 2.32. The Kier molecular flexibility index (Phi) is 5.90. The third kappa shape index (κ3) is 4.41. The van der Waals surface area contributed by atoms with Gasteiger partial charge in [0.05, 0.1) is 16.5 Å². The lowest BCUT2D eigenvalue weighted by molar-refractivity contribution is -0.151. The number of carbonyl (C=O) groups excluding carboxylic acids is 1. The van der Waals surface area contributed by atoms with Crippen molar-refractivity contribution in [2.24, 2.45) is 5.92 Å². The molecule has 0 aliphatic carbocycles. The number of benzene rings is 1. The molecular formula is C18H19ClN2O4S. The van der Waals surface area contributed by atoms with Crippen LogP contribution in [0.1, 0.15) is 18.5 Å². The van der Waals surface area contributed by atoms with Crippen molar-refractivity contribution in [2.45, 2.75) is 24.3 Å². The zero-order chi connectivity index (χ0) is 18.6. The summed E-state index contributed by atoms with van der Waals surface area (Å²) in [5, 5.41) is 0.485. The molecule has 138 valence electrons. The summed E-state index contributed by atoms with van der Waals surface area (Å²) in [6, 6.07) is 11.5. The van der Waals surface area contributed by atoms with Crippen molar-refractivity contribution in [3.05, 3.63) is 59.4 Å². The second-order valence-corrected chi connectivity index (χ2v) is 8.44. The van der Waals surface area contributed by atoms with E-state index in [2.05, 4.69) is 4.98 Å². The van der Waals surface area contributed by atoms with Crippen LogP contribution in [0.2, 0.25) is 5.02 Å². The maximum atomic E-state index is 12.6. The minimum absolute atomic E-state index is 0.128. The fourth-order valence-corrected chi connectivity index (χ4v) is 4.43. The van der Waals surface area contributed by atoms with Gasteiger partial charge in [0.15, 0.2) is 0 Å². The fourth-order valence-electron chi connectivity index (χ4n) is 2.83. The number of nitrogens with zero attached hydrogens (tertiary/aromatic N) is 2. The van der Waals surface area contributed by atoms with Crippen molar-refractivity contribution in [3.8, 4) is 0 Å². The van der Waals surface area contributed by atoms with E-state index in [-0.39, 0.29) is 36.5 Å². The lowest BCUT2D eigenvalue weighted by Gasteiger charge is -2.30. The Morgan fingerprint density at radius 3 is 2.46 bits per heavy atom. The van der Waals surface area contributed by atoms with E-state index >= 15 is 0 Å². The van der Waals surface area contributed by atoms with Gasteiger partial charge in [-0.1, -0.05) is 17.7 Å². The van der Waals surface area contributed by atoms with Gasteiger partial charge in [0.2, 0.25) is 10.0 Å². The van der Waals surface area contributed by atoms with Crippen LogP contribution < -0.4 is 0 Å². The summed E-state index contributed by atoms with van der Waals surface area (Å²) in [4.78, 5) is 16.5. The molecule has 2 heterocycles. The van der Waals surface area contributed by atoms with Gasteiger partial charge in [-0.3, -0.25) is 9.78 Å². The molecule has 0 radical (unpaired) electrons. The van der Waals surface area contributed by atoms with Gasteiger partial charge in [-0.2, -0.15) is 4.31 Å². The molecule has 0 atom stereocenters. The quantitative estimate of drug-likeness (QED) is 0.729. The van der Waals surface area contributed by atoms with E-state index in [9.17, 15) is 13.2 Å². The zero-order valence-corrected chi connectivity index (χ0v) is 15.6. The lowest BCUT2D eigenvalue weighted by atomic mass is 9.98. The first-order chi connectivity index (χ1) is 12.5. The van der Waals surface area contributed by atoms with Crippen LogP contribution in [0.5, 0.6) is 0 Å². The smallest absolute Gasteiger partial charge is 0.309 e. The van der Waals surface area contributed by atoms with Gasteiger partial charge in [0.25, 0.3) is 0 Å². The molecule has 2 aromatic rings. The van der Waals surface area contributed by atoms with Crippen LogP contribution in [-0.2, 0) is 26.2 Å². The second-order valence-electron chi connectivity index (χ2n) is 6.06. The highest BCUT2D eigenvalue weighted by molar-refractivity contribution is 7.89. The Balaban J connectivity index is 1.55. The summed E-state index contributed by atoms with van der Waals surface area (Å²) in [6.45, 7) is 0.700. The van der Waals surface area contributed by atoms with Crippen molar-refractivity contribution in [1.29, 1.82) is 0 Å². The molecule has 6 nitrogen and oxygen atoms in total. The summed E-state index contributed by atoms with van der Waals surface area (Å²) in [5.74, 6) is -0.602. The lowest BCUT2D eigenvalue weighted by Crippen LogP contribution is -2.40. The molecule has 1 aliphatic rings. The van der Waals surface area contributed by atoms with Gasteiger partial charge in [0.1, 0.15) is 6.61 Å². The number of hydrogen-bond acceptors (Lipinski definition) is 5. The number of ether oxygens (including phenoxy) is 1. The number of esters is 1. The number of aromatic nitrogens is 1. The third-order valence-electron chi connectivity index (χ3n) is 4.33. The Morgan fingerprint density at radius 1 is 1.15 bits per heavy atom. The Morgan fingerprint density at radius 2 is 1.85 bits per heavy atom. The largest absolute Gasteiger partial charge is 0.459 e.